The summed E-state index contributed by atoms with van der Waals surface area (Å²) in [5.41, 5.74) is 1.35. The van der Waals surface area contributed by atoms with Gasteiger partial charge in [-0.2, -0.15) is 0 Å². The standard InChI is InChI=1S/C25H42N4O2/c1-6-26-24(28-17-20-10-9-15-31-23(20)25(2,3)4)27-16-19-13-14-29(18-19)21-11-7-8-12-22(21)30-5/h7-8,11-12,19-20,23H,6,9-10,13-18H2,1-5H3,(H2,26,27,28). The summed E-state index contributed by atoms with van der Waals surface area (Å²) in [5.74, 6) is 2.95. The second-order valence-corrected chi connectivity index (χ2v) is 9.93. The molecule has 3 unspecified atom stereocenters. The average molecular weight is 431 g/mol. The molecule has 0 saturated carbocycles. The van der Waals surface area contributed by atoms with Gasteiger partial charge in [0.1, 0.15) is 5.75 Å². The number of nitrogens with zero attached hydrogens (tertiary/aromatic N) is 2. The van der Waals surface area contributed by atoms with Gasteiger partial charge in [-0.1, -0.05) is 32.9 Å². The second-order valence-electron chi connectivity index (χ2n) is 9.93. The second kappa shape index (κ2) is 11.1. The van der Waals surface area contributed by atoms with E-state index in [2.05, 4.69) is 55.4 Å². The van der Waals surface area contributed by atoms with Crippen LogP contribution in [0.1, 0.15) is 47.0 Å². The Hall–Kier alpha value is -1.95. The topological polar surface area (TPSA) is 58.1 Å². The van der Waals surface area contributed by atoms with E-state index in [9.17, 15) is 0 Å². The predicted octanol–water partition coefficient (Wildman–Crippen LogP) is 3.92. The molecular weight excluding hydrogens is 388 g/mol. The van der Waals surface area contributed by atoms with Crippen molar-refractivity contribution in [3.63, 3.8) is 0 Å². The van der Waals surface area contributed by atoms with Crippen LogP contribution < -0.4 is 20.3 Å². The minimum absolute atomic E-state index is 0.161. The Morgan fingerprint density at radius 3 is 2.77 bits per heavy atom. The number of para-hydroxylation sites is 2. The van der Waals surface area contributed by atoms with Crippen LogP contribution in [0, 0.1) is 17.3 Å². The molecule has 0 radical (unpaired) electrons. The van der Waals surface area contributed by atoms with Crippen molar-refractivity contribution in [2.75, 3.05) is 51.3 Å². The highest BCUT2D eigenvalue weighted by atomic mass is 16.5. The van der Waals surface area contributed by atoms with Gasteiger partial charge in [0.15, 0.2) is 5.96 Å². The van der Waals surface area contributed by atoms with Crippen molar-refractivity contribution in [3.05, 3.63) is 24.3 Å². The molecule has 2 fully saturated rings. The third-order valence-electron chi connectivity index (χ3n) is 6.39. The molecule has 2 aliphatic rings. The van der Waals surface area contributed by atoms with Crippen LogP contribution in [0.2, 0.25) is 0 Å². The summed E-state index contributed by atoms with van der Waals surface area (Å²) in [7, 11) is 1.74. The molecule has 0 spiro atoms. The number of rotatable bonds is 7. The van der Waals surface area contributed by atoms with Gasteiger partial charge in [-0.3, -0.25) is 4.99 Å². The van der Waals surface area contributed by atoms with E-state index in [4.69, 9.17) is 14.5 Å². The van der Waals surface area contributed by atoms with Crippen LogP contribution in [-0.4, -0.2) is 58.5 Å². The highest BCUT2D eigenvalue weighted by Gasteiger charge is 2.35. The lowest BCUT2D eigenvalue weighted by atomic mass is 9.78. The highest BCUT2D eigenvalue weighted by Crippen LogP contribution is 2.34. The molecule has 1 aromatic rings. The molecule has 6 heteroatoms. The number of ether oxygens (including phenoxy) is 2. The fraction of sp³-hybridized carbons (Fsp3) is 0.720. The Balaban J connectivity index is 1.55. The van der Waals surface area contributed by atoms with Crippen molar-refractivity contribution in [2.24, 2.45) is 22.2 Å². The predicted molar refractivity (Wildman–Crippen MR) is 129 cm³/mol. The maximum absolute atomic E-state index is 6.15. The number of methoxy groups -OCH3 is 1. The largest absolute Gasteiger partial charge is 0.495 e. The van der Waals surface area contributed by atoms with Crippen molar-refractivity contribution in [1.29, 1.82) is 0 Å². The highest BCUT2D eigenvalue weighted by molar-refractivity contribution is 5.79. The van der Waals surface area contributed by atoms with E-state index in [0.717, 1.165) is 63.9 Å². The lowest BCUT2D eigenvalue weighted by molar-refractivity contribution is -0.0835. The summed E-state index contributed by atoms with van der Waals surface area (Å²) in [6, 6.07) is 8.29. The first-order chi connectivity index (χ1) is 14.9. The maximum Gasteiger partial charge on any atom is 0.191 e. The minimum atomic E-state index is 0.161. The lowest BCUT2D eigenvalue weighted by Gasteiger charge is -2.40. The summed E-state index contributed by atoms with van der Waals surface area (Å²) < 4.78 is 11.7. The summed E-state index contributed by atoms with van der Waals surface area (Å²) in [4.78, 5) is 7.36. The van der Waals surface area contributed by atoms with Crippen molar-refractivity contribution in [1.82, 2.24) is 10.6 Å². The van der Waals surface area contributed by atoms with Crippen LogP contribution in [-0.2, 0) is 4.74 Å². The first-order valence-corrected chi connectivity index (χ1v) is 11.9. The zero-order valence-electron chi connectivity index (χ0n) is 20.1. The number of aliphatic imine (C=N–C) groups is 1. The van der Waals surface area contributed by atoms with Crippen molar-refractivity contribution in [3.8, 4) is 5.75 Å². The smallest absolute Gasteiger partial charge is 0.191 e. The number of hydrogen-bond donors (Lipinski definition) is 2. The maximum atomic E-state index is 6.15. The van der Waals surface area contributed by atoms with Crippen LogP contribution >= 0.6 is 0 Å². The molecule has 0 amide bonds. The third kappa shape index (κ3) is 6.52. The van der Waals surface area contributed by atoms with Gasteiger partial charge in [0, 0.05) is 45.2 Å². The average Bonchev–Trinajstić information content (AvgIpc) is 3.24. The zero-order valence-corrected chi connectivity index (χ0v) is 20.1. The fourth-order valence-electron chi connectivity index (χ4n) is 4.89. The molecule has 0 aromatic heterocycles. The molecule has 31 heavy (non-hydrogen) atoms. The Morgan fingerprint density at radius 2 is 2.03 bits per heavy atom. The Kier molecular flexibility index (Phi) is 8.47. The normalized spacial score (nSPS) is 24.9. The van der Waals surface area contributed by atoms with Gasteiger partial charge in [0.2, 0.25) is 0 Å². The first kappa shape index (κ1) is 23.7. The molecule has 0 aliphatic carbocycles. The van der Waals surface area contributed by atoms with Gasteiger partial charge in [-0.25, -0.2) is 0 Å². The first-order valence-electron chi connectivity index (χ1n) is 11.9. The molecule has 3 atom stereocenters. The lowest BCUT2D eigenvalue weighted by Crippen LogP contribution is -2.47. The van der Waals surface area contributed by atoms with E-state index in [1.165, 1.54) is 12.1 Å². The molecule has 0 bridgehead atoms. The zero-order chi connectivity index (χ0) is 22.3. The number of guanidine groups is 1. The third-order valence-corrected chi connectivity index (χ3v) is 6.39. The minimum Gasteiger partial charge on any atom is -0.495 e. The monoisotopic (exact) mass is 430 g/mol. The van der Waals surface area contributed by atoms with E-state index >= 15 is 0 Å². The number of anilines is 1. The molecule has 2 aliphatic heterocycles. The Bertz CT molecular complexity index is 716. The van der Waals surface area contributed by atoms with E-state index in [0.29, 0.717) is 17.9 Å². The molecule has 3 rings (SSSR count). The summed E-state index contributed by atoms with van der Waals surface area (Å²) in [6.07, 6.45) is 3.81. The number of hydrogen-bond acceptors (Lipinski definition) is 4. The Morgan fingerprint density at radius 1 is 1.23 bits per heavy atom. The number of benzene rings is 1. The van der Waals surface area contributed by atoms with E-state index in [1.807, 2.05) is 12.1 Å². The molecular formula is C25H42N4O2. The van der Waals surface area contributed by atoms with Gasteiger partial charge in [-0.05, 0) is 49.7 Å². The van der Waals surface area contributed by atoms with Crippen LogP contribution in [0.3, 0.4) is 0 Å². The SMILES string of the molecule is CCNC(=NCC1CCN(c2ccccc2OC)C1)NCC1CCCOC1C(C)(C)C. The summed E-state index contributed by atoms with van der Waals surface area (Å²) in [5, 5.41) is 7.03. The van der Waals surface area contributed by atoms with Crippen molar-refractivity contribution < 1.29 is 9.47 Å². The van der Waals surface area contributed by atoms with Gasteiger partial charge < -0.3 is 25.0 Å². The van der Waals surface area contributed by atoms with Gasteiger partial charge in [0.05, 0.1) is 18.9 Å². The Labute approximate surface area is 188 Å². The molecule has 1 aromatic carbocycles. The van der Waals surface area contributed by atoms with Crippen molar-refractivity contribution in [2.45, 2.75) is 53.1 Å². The van der Waals surface area contributed by atoms with Crippen LogP contribution in [0.5, 0.6) is 5.75 Å². The number of nitrogens with one attached hydrogen (secondary N) is 2. The van der Waals surface area contributed by atoms with E-state index in [1.54, 1.807) is 7.11 Å². The molecule has 2 N–H and O–H groups in total. The van der Waals surface area contributed by atoms with Gasteiger partial charge in [0.25, 0.3) is 0 Å². The quantitative estimate of drug-likeness (QED) is 0.507. The fourth-order valence-corrected chi connectivity index (χ4v) is 4.89. The van der Waals surface area contributed by atoms with Crippen LogP contribution in [0.15, 0.2) is 29.3 Å². The van der Waals surface area contributed by atoms with Crippen molar-refractivity contribution >= 4 is 11.6 Å². The van der Waals surface area contributed by atoms with Gasteiger partial charge in [-0.15, -0.1) is 0 Å². The molecule has 6 nitrogen and oxygen atoms in total. The van der Waals surface area contributed by atoms with Gasteiger partial charge >= 0.3 is 0 Å². The molecule has 2 heterocycles. The van der Waals surface area contributed by atoms with Crippen LogP contribution in [0.4, 0.5) is 5.69 Å². The van der Waals surface area contributed by atoms with E-state index < -0.39 is 0 Å². The molecule has 2 saturated heterocycles. The summed E-state index contributed by atoms with van der Waals surface area (Å²) in [6.45, 7) is 14.5. The van der Waals surface area contributed by atoms with E-state index in [-0.39, 0.29) is 5.41 Å². The van der Waals surface area contributed by atoms with Crippen LogP contribution in [0.25, 0.3) is 0 Å². The molecule has 174 valence electrons. The summed E-state index contributed by atoms with van der Waals surface area (Å²) >= 11 is 0.